The lowest BCUT2D eigenvalue weighted by Gasteiger charge is -2.32. The van der Waals surface area contributed by atoms with Crippen LogP contribution in [0.1, 0.15) is 44.0 Å². The molecule has 0 bridgehead atoms. The van der Waals surface area contributed by atoms with Gasteiger partial charge in [-0.05, 0) is 75.9 Å². The molecule has 2 aliphatic heterocycles. The van der Waals surface area contributed by atoms with Gasteiger partial charge in [-0.2, -0.15) is 0 Å². The summed E-state index contributed by atoms with van der Waals surface area (Å²) in [4.78, 5) is 38.2. The van der Waals surface area contributed by atoms with Crippen LogP contribution in [0.25, 0.3) is 0 Å². The zero-order valence-corrected chi connectivity index (χ0v) is 19.7. The third-order valence-corrected chi connectivity index (χ3v) is 6.24. The fraction of sp³-hybridized carbons (Fsp3) is 0.520. The minimum absolute atomic E-state index is 0.165. The Hall–Kier alpha value is -3.00. The van der Waals surface area contributed by atoms with Gasteiger partial charge in [0.2, 0.25) is 11.9 Å². The average molecular weight is 452 g/mol. The van der Waals surface area contributed by atoms with Gasteiger partial charge in [-0.3, -0.25) is 9.59 Å². The molecule has 1 aromatic carbocycles. The molecule has 0 saturated carbocycles. The topological polar surface area (TPSA) is 87.7 Å². The van der Waals surface area contributed by atoms with Gasteiger partial charge in [0.25, 0.3) is 5.91 Å². The molecule has 33 heavy (non-hydrogen) atoms. The average Bonchev–Trinajstić information content (AvgIpc) is 3.09. The molecular formula is C25H33N5O3. The predicted octanol–water partition coefficient (Wildman–Crippen LogP) is 3.02. The van der Waals surface area contributed by atoms with Gasteiger partial charge >= 0.3 is 0 Å². The zero-order chi connectivity index (χ0) is 23.4. The lowest BCUT2D eigenvalue weighted by atomic mass is 9.96. The maximum atomic E-state index is 12.9. The van der Waals surface area contributed by atoms with Crippen LogP contribution < -0.4 is 19.9 Å². The highest BCUT2D eigenvalue weighted by molar-refractivity contribution is 6.22. The highest BCUT2D eigenvalue weighted by Gasteiger charge is 2.39. The fourth-order valence-electron chi connectivity index (χ4n) is 4.47. The van der Waals surface area contributed by atoms with E-state index in [1.807, 2.05) is 26.8 Å². The largest absolute Gasteiger partial charge is 0.494 e. The number of nitrogens with one attached hydrogen (secondary N) is 1. The van der Waals surface area contributed by atoms with Gasteiger partial charge in [0.05, 0.1) is 24.8 Å². The van der Waals surface area contributed by atoms with E-state index in [0.29, 0.717) is 18.2 Å². The Morgan fingerprint density at radius 1 is 1.06 bits per heavy atom. The van der Waals surface area contributed by atoms with Crippen molar-refractivity contribution in [3.8, 4) is 5.75 Å². The first-order chi connectivity index (χ1) is 15.9. The number of nitrogens with zero attached hydrogens (tertiary/aromatic N) is 4. The number of carbonyl (C=O) groups is 2. The summed E-state index contributed by atoms with van der Waals surface area (Å²) in [5, 5.41) is 3.36. The third kappa shape index (κ3) is 5.50. The minimum atomic E-state index is -0.464. The molecule has 1 aromatic heterocycles. The van der Waals surface area contributed by atoms with Gasteiger partial charge in [-0.15, -0.1) is 0 Å². The van der Waals surface area contributed by atoms with Crippen LogP contribution in [0.5, 0.6) is 5.75 Å². The van der Waals surface area contributed by atoms with Crippen molar-refractivity contribution in [2.75, 3.05) is 36.0 Å². The number of aryl methyl sites for hydroxylation is 2. The van der Waals surface area contributed by atoms with Gasteiger partial charge in [0, 0.05) is 24.5 Å². The van der Waals surface area contributed by atoms with Crippen molar-refractivity contribution in [1.82, 2.24) is 15.3 Å². The number of benzene rings is 1. The molecule has 4 rings (SSSR count). The lowest BCUT2D eigenvalue weighted by Crippen LogP contribution is -2.43. The molecule has 1 atom stereocenters. The zero-order valence-electron chi connectivity index (χ0n) is 19.7. The second kappa shape index (κ2) is 10.3. The maximum absolute atomic E-state index is 12.9. The van der Waals surface area contributed by atoms with Crippen molar-refractivity contribution in [3.63, 3.8) is 0 Å². The molecule has 2 amide bonds. The normalized spacial score (nSPS) is 19.4. The molecule has 0 radical (unpaired) electrons. The van der Waals surface area contributed by atoms with E-state index in [0.717, 1.165) is 62.0 Å². The van der Waals surface area contributed by atoms with Crippen LogP contribution in [0.4, 0.5) is 11.6 Å². The van der Waals surface area contributed by atoms with Crippen LogP contribution in [0.2, 0.25) is 0 Å². The minimum Gasteiger partial charge on any atom is -0.494 e. The van der Waals surface area contributed by atoms with Crippen LogP contribution in [0.3, 0.4) is 0 Å². The number of piperidine rings is 1. The van der Waals surface area contributed by atoms with Gasteiger partial charge in [-0.25, -0.2) is 14.9 Å². The molecule has 8 heteroatoms. The summed E-state index contributed by atoms with van der Waals surface area (Å²) in [7, 11) is 0. The number of aromatic nitrogens is 2. The van der Waals surface area contributed by atoms with E-state index in [9.17, 15) is 9.59 Å². The SMILES string of the molecule is CCCOc1ccc(N2C(=O)CC(NCC3CCN(c4nc(C)cc(C)n4)CC3)C2=O)cc1. The number of ether oxygens (including phenoxy) is 1. The Balaban J connectivity index is 1.28. The number of anilines is 2. The molecule has 2 saturated heterocycles. The standard InChI is InChI=1S/C25H33N5O3/c1-4-13-33-21-7-5-20(6-8-21)30-23(31)15-22(24(30)32)26-16-19-9-11-29(12-10-19)25-27-17(2)14-18(3)28-25/h5-8,14,19,22,26H,4,9-13,15-16H2,1-3H3. The molecular weight excluding hydrogens is 418 g/mol. The number of hydrogen-bond acceptors (Lipinski definition) is 7. The van der Waals surface area contributed by atoms with E-state index in [4.69, 9.17) is 4.74 Å². The molecule has 2 aromatic rings. The molecule has 2 fully saturated rings. The first-order valence-corrected chi connectivity index (χ1v) is 11.8. The van der Waals surface area contributed by atoms with Crippen molar-refractivity contribution in [2.24, 2.45) is 5.92 Å². The Bertz CT molecular complexity index is 966. The Morgan fingerprint density at radius 3 is 2.36 bits per heavy atom. The van der Waals surface area contributed by atoms with Crippen LogP contribution in [-0.2, 0) is 9.59 Å². The van der Waals surface area contributed by atoms with E-state index in [-0.39, 0.29) is 18.2 Å². The number of imide groups is 1. The Kier molecular flexibility index (Phi) is 7.23. The first-order valence-electron chi connectivity index (χ1n) is 11.8. The maximum Gasteiger partial charge on any atom is 0.251 e. The van der Waals surface area contributed by atoms with Crippen LogP contribution in [0, 0.1) is 19.8 Å². The second-order valence-corrected chi connectivity index (χ2v) is 8.96. The van der Waals surface area contributed by atoms with E-state index >= 15 is 0 Å². The molecule has 3 heterocycles. The van der Waals surface area contributed by atoms with E-state index in [1.165, 1.54) is 4.90 Å². The van der Waals surface area contributed by atoms with Gasteiger partial charge < -0.3 is 15.0 Å². The summed E-state index contributed by atoms with van der Waals surface area (Å²) in [5.74, 6) is 1.66. The molecule has 0 spiro atoms. The quantitative estimate of drug-likeness (QED) is 0.617. The molecule has 1 N–H and O–H groups in total. The number of carbonyl (C=O) groups excluding carboxylic acids is 2. The number of hydrogen-bond donors (Lipinski definition) is 1. The fourth-order valence-corrected chi connectivity index (χ4v) is 4.47. The summed E-state index contributed by atoms with van der Waals surface area (Å²) in [5.41, 5.74) is 2.57. The molecule has 2 aliphatic rings. The third-order valence-electron chi connectivity index (χ3n) is 6.24. The predicted molar refractivity (Wildman–Crippen MR) is 128 cm³/mol. The molecule has 176 valence electrons. The summed E-state index contributed by atoms with van der Waals surface area (Å²) in [6.07, 6.45) is 3.13. The summed E-state index contributed by atoms with van der Waals surface area (Å²) in [6, 6.07) is 8.67. The molecule has 8 nitrogen and oxygen atoms in total. The van der Waals surface area contributed by atoms with E-state index in [2.05, 4.69) is 20.2 Å². The highest BCUT2D eigenvalue weighted by Crippen LogP contribution is 2.26. The van der Waals surface area contributed by atoms with Crippen molar-refractivity contribution in [3.05, 3.63) is 41.7 Å². The lowest BCUT2D eigenvalue weighted by molar-refractivity contribution is -0.121. The van der Waals surface area contributed by atoms with Crippen LogP contribution >= 0.6 is 0 Å². The van der Waals surface area contributed by atoms with Crippen molar-refractivity contribution >= 4 is 23.5 Å². The molecule has 0 aliphatic carbocycles. The summed E-state index contributed by atoms with van der Waals surface area (Å²) >= 11 is 0. The smallest absolute Gasteiger partial charge is 0.251 e. The summed E-state index contributed by atoms with van der Waals surface area (Å²) < 4.78 is 5.59. The highest BCUT2D eigenvalue weighted by atomic mass is 16.5. The number of rotatable bonds is 8. The van der Waals surface area contributed by atoms with Crippen LogP contribution in [0.15, 0.2) is 30.3 Å². The van der Waals surface area contributed by atoms with E-state index < -0.39 is 6.04 Å². The van der Waals surface area contributed by atoms with E-state index in [1.54, 1.807) is 24.3 Å². The van der Waals surface area contributed by atoms with Crippen molar-refractivity contribution < 1.29 is 14.3 Å². The van der Waals surface area contributed by atoms with Crippen molar-refractivity contribution in [2.45, 2.75) is 52.5 Å². The summed E-state index contributed by atoms with van der Waals surface area (Å²) in [6.45, 7) is 9.19. The van der Waals surface area contributed by atoms with Gasteiger partial charge in [0.1, 0.15) is 5.75 Å². The van der Waals surface area contributed by atoms with Crippen LogP contribution in [-0.4, -0.2) is 54.1 Å². The van der Waals surface area contributed by atoms with Gasteiger partial charge in [0.15, 0.2) is 0 Å². The first kappa shape index (κ1) is 23.2. The Morgan fingerprint density at radius 2 is 1.73 bits per heavy atom. The molecule has 1 unspecified atom stereocenters. The second-order valence-electron chi connectivity index (χ2n) is 8.96. The monoisotopic (exact) mass is 451 g/mol. The number of amides is 2. The van der Waals surface area contributed by atoms with Gasteiger partial charge in [-0.1, -0.05) is 6.92 Å². The van der Waals surface area contributed by atoms with Crippen molar-refractivity contribution in [1.29, 1.82) is 0 Å². The Labute approximate surface area is 195 Å².